The van der Waals surface area contributed by atoms with Crippen LogP contribution in [0.5, 0.6) is 0 Å². The number of carbonyl (C=O) groups is 1. The summed E-state index contributed by atoms with van der Waals surface area (Å²) in [7, 11) is 0. The normalized spacial score (nSPS) is 8.38. The van der Waals surface area contributed by atoms with Crippen LogP contribution in [0.3, 0.4) is 0 Å². The summed E-state index contributed by atoms with van der Waals surface area (Å²) in [5, 5.41) is 8.08. The fourth-order valence-corrected chi connectivity index (χ4v) is 0.349. The Morgan fingerprint density at radius 2 is 2.00 bits per heavy atom. The molecule has 3 heteroatoms. The van der Waals surface area contributed by atoms with Crippen LogP contribution in [0.15, 0.2) is 0 Å². The van der Waals surface area contributed by atoms with E-state index in [1.807, 2.05) is 13.8 Å². The van der Waals surface area contributed by atoms with Crippen LogP contribution in [0.4, 0.5) is 0 Å². The SMILES string of the molecule is CC(C)CC(=O)O.[Pd]. The molecule has 0 unspecified atom stereocenters. The van der Waals surface area contributed by atoms with Gasteiger partial charge >= 0.3 is 5.97 Å². The van der Waals surface area contributed by atoms with Crippen molar-refractivity contribution in [2.24, 2.45) is 5.92 Å². The van der Waals surface area contributed by atoms with Crippen LogP contribution < -0.4 is 0 Å². The Kier molecular flexibility index (Phi) is 7.25. The van der Waals surface area contributed by atoms with Crippen LogP contribution in [0.2, 0.25) is 0 Å². The predicted molar refractivity (Wildman–Crippen MR) is 27.1 cm³/mol. The van der Waals surface area contributed by atoms with Crippen molar-refractivity contribution < 1.29 is 30.3 Å². The van der Waals surface area contributed by atoms with Crippen molar-refractivity contribution in [1.82, 2.24) is 0 Å². The molecule has 0 fully saturated rings. The molecule has 0 aliphatic rings. The summed E-state index contributed by atoms with van der Waals surface area (Å²) in [5.41, 5.74) is 0. The Morgan fingerprint density at radius 3 is 2.00 bits per heavy atom. The van der Waals surface area contributed by atoms with E-state index in [9.17, 15) is 4.79 Å². The Balaban J connectivity index is 0. The zero-order valence-electron chi connectivity index (χ0n) is 4.96. The second kappa shape index (κ2) is 5.27. The van der Waals surface area contributed by atoms with Gasteiger partial charge in [-0.15, -0.1) is 0 Å². The van der Waals surface area contributed by atoms with E-state index in [1.54, 1.807) is 0 Å². The van der Waals surface area contributed by atoms with Crippen molar-refractivity contribution in [1.29, 1.82) is 0 Å². The van der Waals surface area contributed by atoms with Gasteiger partial charge in [0, 0.05) is 26.8 Å². The molecule has 0 rings (SSSR count). The smallest absolute Gasteiger partial charge is 0.303 e. The van der Waals surface area contributed by atoms with E-state index >= 15 is 0 Å². The molecule has 0 aromatic rings. The number of carboxylic acids is 1. The third-order valence-corrected chi connectivity index (χ3v) is 0.583. The van der Waals surface area contributed by atoms with Gasteiger partial charge in [0.15, 0.2) is 0 Å². The van der Waals surface area contributed by atoms with Crippen molar-refractivity contribution in [2.45, 2.75) is 20.3 Å². The average Bonchev–Trinajstić information content (AvgIpc) is 1.27. The van der Waals surface area contributed by atoms with E-state index < -0.39 is 5.97 Å². The summed E-state index contributed by atoms with van der Waals surface area (Å²) in [5.74, 6) is -0.438. The Morgan fingerprint density at radius 1 is 1.62 bits per heavy atom. The van der Waals surface area contributed by atoms with Crippen LogP contribution in [0.25, 0.3) is 0 Å². The molecule has 0 saturated heterocycles. The topological polar surface area (TPSA) is 37.3 Å². The summed E-state index contributed by atoms with van der Waals surface area (Å²) in [6.45, 7) is 3.77. The summed E-state index contributed by atoms with van der Waals surface area (Å²) >= 11 is 0. The van der Waals surface area contributed by atoms with Crippen LogP contribution in [0, 0.1) is 5.92 Å². The monoisotopic (exact) mass is 208 g/mol. The minimum Gasteiger partial charge on any atom is -0.481 e. The molecule has 0 aromatic heterocycles. The first-order valence-corrected chi connectivity index (χ1v) is 2.34. The van der Waals surface area contributed by atoms with Crippen LogP contribution >= 0.6 is 0 Å². The molecular formula is C5H10O2Pd. The van der Waals surface area contributed by atoms with E-state index in [4.69, 9.17) is 5.11 Å². The number of aliphatic carboxylic acids is 1. The standard InChI is InChI=1S/C5H10O2.Pd/c1-4(2)3-5(6)7;/h4H,3H2,1-2H3,(H,6,7);. The number of rotatable bonds is 2. The molecule has 2 nitrogen and oxygen atoms in total. The Labute approximate surface area is 62.9 Å². The molecule has 0 bridgehead atoms. The zero-order valence-corrected chi connectivity index (χ0v) is 6.51. The second-order valence-corrected chi connectivity index (χ2v) is 1.99. The molecule has 0 saturated carbocycles. The van der Waals surface area contributed by atoms with Gasteiger partial charge in [-0.1, -0.05) is 13.8 Å². The number of hydrogen-bond acceptors (Lipinski definition) is 1. The predicted octanol–water partition coefficient (Wildman–Crippen LogP) is 1.11. The Hall–Kier alpha value is 0.132. The fraction of sp³-hybridized carbons (Fsp3) is 0.800. The molecule has 0 amide bonds. The van der Waals surface area contributed by atoms with Gasteiger partial charge in [0.2, 0.25) is 0 Å². The molecule has 52 valence electrons. The van der Waals surface area contributed by atoms with Crippen molar-refractivity contribution in [3.63, 3.8) is 0 Å². The molecule has 0 aliphatic carbocycles. The summed E-state index contributed by atoms with van der Waals surface area (Å²) < 4.78 is 0. The first-order chi connectivity index (χ1) is 3.13. The quantitative estimate of drug-likeness (QED) is 0.691. The second-order valence-electron chi connectivity index (χ2n) is 1.99. The van der Waals surface area contributed by atoms with Gasteiger partial charge < -0.3 is 5.11 Å². The van der Waals surface area contributed by atoms with E-state index in [2.05, 4.69) is 0 Å². The zero-order chi connectivity index (χ0) is 5.86. The summed E-state index contributed by atoms with van der Waals surface area (Å²) in [6.07, 6.45) is 0.278. The largest absolute Gasteiger partial charge is 0.481 e. The molecule has 1 N–H and O–H groups in total. The van der Waals surface area contributed by atoms with Crippen molar-refractivity contribution in [3.05, 3.63) is 0 Å². The first kappa shape index (κ1) is 11.0. The molecule has 0 radical (unpaired) electrons. The summed E-state index contributed by atoms with van der Waals surface area (Å²) in [4.78, 5) is 9.81. The maximum Gasteiger partial charge on any atom is 0.303 e. The van der Waals surface area contributed by atoms with Gasteiger partial charge in [-0.25, -0.2) is 0 Å². The third-order valence-electron chi connectivity index (χ3n) is 0.583. The average molecular weight is 209 g/mol. The van der Waals surface area contributed by atoms with E-state index in [1.165, 1.54) is 0 Å². The van der Waals surface area contributed by atoms with Gasteiger partial charge in [-0.2, -0.15) is 0 Å². The molecule has 0 aromatic carbocycles. The molecule has 0 atom stereocenters. The van der Waals surface area contributed by atoms with Crippen LogP contribution in [-0.4, -0.2) is 11.1 Å². The van der Waals surface area contributed by atoms with E-state index in [0.29, 0.717) is 0 Å². The fourth-order valence-electron chi connectivity index (χ4n) is 0.349. The van der Waals surface area contributed by atoms with Crippen molar-refractivity contribution in [2.75, 3.05) is 0 Å². The Bertz CT molecular complexity index is 70.8. The van der Waals surface area contributed by atoms with Gasteiger partial charge in [-0.3, -0.25) is 4.79 Å². The van der Waals surface area contributed by atoms with Gasteiger partial charge in [0.05, 0.1) is 0 Å². The van der Waals surface area contributed by atoms with Crippen LogP contribution in [-0.2, 0) is 25.2 Å². The van der Waals surface area contributed by atoms with Gasteiger partial charge in [-0.05, 0) is 5.92 Å². The first-order valence-electron chi connectivity index (χ1n) is 2.34. The minimum atomic E-state index is -0.713. The number of carboxylic acid groups (broad SMARTS) is 1. The molecule has 0 spiro atoms. The van der Waals surface area contributed by atoms with Gasteiger partial charge in [0.1, 0.15) is 0 Å². The summed E-state index contributed by atoms with van der Waals surface area (Å²) in [6, 6.07) is 0. The molecular weight excluding hydrogens is 198 g/mol. The van der Waals surface area contributed by atoms with Gasteiger partial charge in [0.25, 0.3) is 0 Å². The molecule has 0 aliphatic heterocycles. The van der Waals surface area contributed by atoms with E-state index in [-0.39, 0.29) is 32.8 Å². The minimum absolute atomic E-state index is 0. The molecule has 8 heavy (non-hydrogen) atoms. The van der Waals surface area contributed by atoms with Crippen molar-refractivity contribution in [3.8, 4) is 0 Å². The van der Waals surface area contributed by atoms with Crippen molar-refractivity contribution >= 4 is 5.97 Å². The van der Waals surface area contributed by atoms with E-state index in [0.717, 1.165) is 0 Å². The van der Waals surface area contributed by atoms with Crippen LogP contribution in [0.1, 0.15) is 20.3 Å². The third kappa shape index (κ3) is 9.46. The maximum atomic E-state index is 9.81. The number of hydrogen-bond donors (Lipinski definition) is 1. The molecule has 0 heterocycles. The maximum absolute atomic E-state index is 9.81.